The van der Waals surface area contributed by atoms with E-state index in [2.05, 4.69) is 9.97 Å². The first kappa shape index (κ1) is 15.2. The highest BCUT2D eigenvalue weighted by Gasteiger charge is 2.11. The minimum Gasteiger partial charge on any atom is -0.392 e. The SMILES string of the molecule is Nc1nc(-c2ccccc2)c2nc(-c3cccc(CO)c3)ccc2n1. The molecular weight excluding hydrogens is 312 g/mol. The first-order valence-electron chi connectivity index (χ1n) is 7.94. The van der Waals surface area contributed by atoms with E-state index in [1.807, 2.05) is 66.7 Å². The van der Waals surface area contributed by atoms with Crippen LogP contribution in [0.15, 0.2) is 66.7 Å². The van der Waals surface area contributed by atoms with Crippen molar-refractivity contribution in [2.24, 2.45) is 0 Å². The van der Waals surface area contributed by atoms with E-state index in [0.717, 1.165) is 22.4 Å². The average Bonchev–Trinajstić information content (AvgIpc) is 2.67. The molecule has 0 atom stereocenters. The summed E-state index contributed by atoms with van der Waals surface area (Å²) in [5.41, 5.74) is 11.5. The Morgan fingerprint density at radius 1 is 0.800 bits per heavy atom. The lowest BCUT2D eigenvalue weighted by Crippen LogP contribution is -2.00. The van der Waals surface area contributed by atoms with Crippen LogP contribution in [-0.2, 0) is 6.61 Å². The zero-order valence-electron chi connectivity index (χ0n) is 13.4. The second kappa shape index (κ2) is 6.30. The number of fused-ring (bicyclic) bond motifs is 1. The van der Waals surface area contributed by atoms with E-state index >= 15 is 0 Å². The molecule has 2 aromatic carbocycles. The molecular formula is C20H16N4O. The minimum absolute atomic E-state index is 0.00364. The van der Waals surface area contributed by atoms with Crippen molar-refractivity contribution in [3.05, 3.63) is 72.3 Å². The van der Waals surface area contributed by atoms with Crippen LogP contribution in [0.4, 0.5) is 5.95 Å². The van der Waals surface area contributed by atoms with Gasteiger partial charge in [0.05, 0.1) is 17.8 Å². The van der Waals surface area contributed by atoms with Gasteiger partial charge in [0.15, 0.2) is 0 Å². The fourth-order valence-corrected chi connectivity index (χ4v) is 2.82. The molecule has 0 aliphatic heterocycles. The molecule has 4 rings (SSSR count). The maximum atomic E-state index is 9.35. The van der Waals surface area contributed by atoms with Crippen LogP contribution < -0.4 is 5.73 Å². The van der Waals surface area contributed by atoms with Crippen LogP contribution in [0.25, 0.3) is 33.5 Å². The lowest BCUT2D eigenvalue weighted by molar-refractivity contribution is 0.282. The quantitative estimate of drug-likeness (QED) is 0.602. The van der Waals surface area contributed by atoms with E-state index in [1.165, 1.54) is 0 Å². The van der Waals surface area contributed by atoms with Crippen molar-refractivity contribution in [1.82, 2.24) is 15.0 Å². The third-order valence-corrected chi connectivity index (χ3v) is 4.01. The summed E-state index contributed by atoms with van der Waals surface area (Å²) >= 11 is 0. The van der Waals surface area contributed by atoms with Crippen molar-refractivity contribution >= 4 is 17.0 Å². The van der Waals surface area contributed by atoms with E-state index in [4.69, 9.17) is 10.7 Å². The number of pyridine rings is 1. The summed E-state index contributed by atoms with van der Waals surface area (Å²) in [6.07, 6.45) is 0. The fraction of sp³-hybridized carbons (Fsp3) is 0.0500. The molecule has 3 N–H and O–H groups in total. The number of benzene rings is 2. The molecule has 5 heteroatoms. The normalized spacial score (nSPS) is 10.9. The molecule has 2 aromatic heterocycles. The second-order valence-corrected chi connectivity index (χ2v) is 5.72. The number of aliphatic hydroxyl groups is 1. The molecule has 25 heavy (non-hydrogen) atoms. The highest BCUT2D eigenvalue weighted by atomic mass is 16.3. The Hall–Kier alpha value is -3.31. The minimum atomic E-state index is -0.00364. The van der Waals surface area contributed by atoms with Gasteiger partial charge in [0.25, 0.3) is 0 Å². The Kier molecular flexibility index (Phi) is 3.84. The lowest BCUT2D eigenvalue weighted by atomic mass is 10.1. The van der Waals surface area contributed by atoms with Gasteiger partial charge in [0.1, 0.15) is 11.2 Å². The van der Waals surface area contributed by atoms with E-state index < -0.39 is 0 Å². The van der Waals surface area contributed by atoms with Gasteiger partial charge in [-0.15, -0.1) is 0 Å². The van der Waals surface area contributed by atoms with Gasteiger partial charge in [-0.2, -0.15) is 0 Å². The summed E-state index contributed by atoms with van der Waals surface area (Å²) in [6, 6.07) is 21.3. The van der Waals surface area contributed by atoms with Crippen molar-refractivity contribution < 1.29 is 5.11 Å². The van der Waals surface area contributed by atoms with Crippen LogP contribution in [0.5, 0.6) is 0 Å². The van der Waals surface area contributed by atoms with Crippen molar-refractivity contribution in [3.8, 4) is 22.5 Å². The standard InChI is InChI=1S/C20H16N4O/c21-20-23-17-10-9-16(15-8-4-5-13(11-15)12-25)22-19(17)18(24-20)14-6-2-1-3-7-14/h1-11,25H,12H2,(H2,21,23,24). The first-order chi connectivity index (χ1) is 12.2. The fourth-order valence-electron chi connectivity index (χ4n) is 2.82. The Morgan fingerprint density at radius 2 is 1.60 bits per heavy atom. The van der Waals surface area contributed by atoms with Crippen LogP contribution in [0.2, 0.25) is 0 Å². The van der Waals surface area contributed by atoms with Gasteiger partial charge in [0.2, 0.25) is 5.95 Å². The first-order valence-corrected chi connectivity index (χ1v) is 7.94. The molecule has 0 saturated carbocycles. The molecule has 4 aromatic rings. The topological polar surface area (TPSA) is 84.9 Å². The molecule has 0 amide bonds. The number of aromatic nitrogens is 3. The van der Waals surface area contributed by atoms with Gasteiger partial charge in [-0.25, -0.2) is 15.0 Å². The number of nitrogen functional groups attached to an aromatic ring is 1. The second-order valence-electron chi connectivity index (χ2n) is 5.72. The molecule has 0 spiro atoms. The molecule has 0 unspecified atom stereocenters. The van der Waals surface area contributed by atoms with Crippen LogP contribution in [0, 0.1) is 0 Å². The zero-order valence-corrected chi connectivity index (χ0v) is 13.4. The predicted molar refractivity (Wildman–Crippen MR) is 98.5 cm³/mol. The van der Waals surface area contributed by atoms with Gasteiger partial charge >= 0.3 is 0 Å². The van der Waals surface area contributed by atoms with E-state index in [0.29, 0.717) is 16.7 Å². The smallest absolute Gasteiger partial charge is 0.221 e. The number of aliphatic hydroxyl groups excluding tert-OH is 1. The summed E-state index contributed by atoms with van der Waals surface area (Å²) in [4.78, 5) is 13.5. The molecule has 122 valence electrons. The van der Waals surface area contributed by atoms with Crippen molar-refractivity contribution in [1.29, 1.82) is 0 Å². The summed E-state index contributed by atoms with van der Waals surface area (Å²) < 4.78 is 0. The summed E-state index contributed by atoms with van der Waals surface area (Å²) in [5.74, 6) is 0.225. The number of hydrogen-bond donors (Lipinski definition) is 2. The van der Waals surface area contributed by atoms with Crippen molar-refractivity contribution in [2.75, 3.05) is 5.73 Å². The number of nitrogens with two attached hydrogens (primary N) is 1. The van der Waals surface area contributed by atoms with Gasteiger partial charge in [-0.1, -0.05) is 48.5 Å². The molecule has 0 aliphatic rings. The van der Waals surface area contributed by atoms with Crippen LogP contribution in [0.1, 0.15) is 5.56 Å². The number of nitrogens with zero attached hydrogens (tertiary/aromatic N) is 3. The number of rotatable bonds is 3. The van der Waals surface area contributed by atoms with E-state index in [9.17, 15) is 5.11 Å². The average molecular weight is 328 g/mol. The molecule has 0 fully saturated rings. The van der Waals surface area contributed by atoms with Crippen LogP contribution in [-0.4, -0.2) is 20.1 Å². The Balaban J connectivity index is 1.94. The van der Waals surface area contributed by atoms with Gasteiger partial charge in [0, 0.05) is 11.1 Å². The zero-order chi connectivity index (χ0) is 17.2. The Bertz CT molecular complexity index is 1050. The summed E-state index contributed by atoms with van der Waals surface area (Å²) in [7, 11) is 0. The predicted octanol–water partition coefficient (Wildman–Crippen LogP) is 3.43. The highest BCUT2D eigenvalue weighted by Crippen LogP contribution is 2.28. The van der Waals surface area contributed by atoms with Gasteiger partial charge in [-0.05, 0) is 23.8 Å². The highest BCUT2D eigenvalue weighted by molar-refractivity contribution is 5.91. The molecule has 0 saturated heterocycles. The molecule has 5 nitrogen and oxygen atoms in total. The third-order valence-electron chi connectivity index (χ3n) is 4.01. The lowest BCUT2D eigenvalue weighted by Gasteiger charge is -2.09. The maximum Gasteiger partial charge on any atom is 0.221 e. The van der Waals surface area contributed by atoms with Crippen molar-refractivity contribution in [3.63, 3.8) is 0 Å². The number of hydrogen-bond acceptors (Lipinski definition) is 5. The van der Waals surface area contributed by atoms with E-state index in [-0.39, 0.29) is 12.6 Å². The van der Waals surface area contributed by atoms with Gasteiger partial charge in [-0.3, -0.25) is 0 Å². The number of anilines is 1. The Morgan fingerprint density at radius 3 is 2.40 bits per heavy atom. The summed E-state index contributed by atoms with van der Waals surface area (Å²) in [5, 5.41) is 9.35. The Labute approximate surface area is 144 Å². The van der Waals surface area contributed by atoms with Crippen molar-refractivity contribution in [2.45, 2.75) is 6.61 Å². The van der Waals surface area contributed by atoms with E-state index in [1.54, 1.807) is 0 Å². The molecule has 2 heterocycles. The van der Waals surface area contributed by atoms with Gasteiger partial charge < -0.3 is 10.8 Å². The van der Waals surface area contributed by atoms with Crippen LogP contribution in [0.3, 0.4) is 0 Å². The maximum absolute atomic E-state index is 9.35. The van der Waals surface area contributed by atoms with Crippen LogP contribution >= 0.6 is 0 Å². The summed E-state index contributed by atoms with van der Waals surface area (Å²) in [6.45, 7) is -0.00364. The third kappa shape index (κ3) is 2.93. The largest absolute Gasteiger partial charge is 0.392 e. The molecule has 0 aliphatic carbocycles. The monoisotopic (exact) mass is 328 g/mol. The molecule has 0 radical (unpaired) electrons. The molecule has 0 bridgehead atoms.